The first-order valence-electron chi connectivity index (χ1n) is 7.20. The van der Waals surface area contributed by atoms with Crippen molar-refractivity contribution < 1.29 is 18.3 Å². The molecule has 0 amide bonds. The second-order valence-electron chi connectivity index (χ2n) is 5.35. The third kappa shape index (κ3) is 4.32. The van der Waals surface area contributed by atoms with E-state index in [4.69, 9.17) is 4.74 Å². The molecule has 2 aromatic rings. The van der Waals surface area contributed by atoms with E-state index in [1.807, 2.05) is 30.7 Å². The lowest BCUT2D eigenvalue weighted by molar-refractivity contribution is 0.169. The number of aliphatic hydroxyl groups is 1. The SMILES string of the molecule is COc1cc(C)c(C)cc1S(=O)(=O)NCC[C@H](O)c1ccsc1. The molecule has 0 saturated carbocycles. The Balaban J connectivity index is 2.09. The number of hydrogen-bond donors (Lipinski definition) is 2. The Morgan fingerprint density at radius 3 is 2.61 bits per heavy atom. The largest absolute Gasteiger partial charge is 0.495 e. The average molecular weight is 355 g/mol. The summed E-state index contributed by atoms with van der Waals surface area (Å²) in [5, 5.41) is 13.7. The maximum atomic E-state index is 12.5. The molecule has 1 aromatic carbocycles. The summed E-state index contributed by atoms with van der Waals surface area (Å²) in [6, 6.07) is 5.14. The standard InChI is InChI=1S/C16H21NO4S2/c1-11-8-15(21-3)16(9-12(11)2)23(19,20)17-6-4-14(18)13-5-7-22-10-13/h5,7-10,14,17-18H,4,6H2,1-3H3/t14-/m0/s1. The maximum Gasteiger partial charge on any atom is 0.244 e. The van der Waals surface area contributed by atoms with Crippen LogP contribution < -0.4 is 9.46 Å². The highest BCUT2D eigenvalue weighted by Crippen LogP contribution is 2.27. The van der Waals surface area contributed by atoms with E-state index >= 15 is 0 Å². The molecule has 5 nitrogen and oxygen atoms in total. The van der Waals surface area contributed by atoms with Crippen LogP contribution in [0.4, 0.5) is 0 Å². The van der Waals surface area contributed by atoms with Gasteiger partial charge in [0.1, 0.15) is 10.6 Å². The van der Waals surface area contributed by atoms with Crippen molar-refractivity contribution in [3.63, 3.8) is 0 Å². The van der Waals surface area contributed by atoms with Crippen LogP contribution in [0.2, 0.25) is 0 Å². The fraction of sp³-hybridized carbons (Fsp3) is 0.375. The number of nitrogens with one attached hydrogen (secondary N) is 1. The lowest BCUT2D eigenvalue weighted by Crippen LogP contribution is -2.26. The monoisotopic (exact) mass is 355 g/mol. The Labute approximate surface area is 141 Å². The van der Waals surface area contributed by atoms with Gasteiger partial charge in [0.05, 0.1) is 13.2 Å². The number of sulfonamides is 1. The van der Waals surface area contributed by atoms with Gasteiger partial charge in [0.15, 0.2) is 0 Å². The van der Waals surface area contributed by atoms with Gasteiger partial charge in [0.2, 0.25) is 10.0 Å². The summed E-state index contributed by atoms with van der Waals surface area (Å²) in [7, 11) is -2.24. The van der Waals surface area contributed by atoms with Gasteiger partial charge in [-0.2, -0.15) is 11.3 Å². The molecule has 126 valence electrons. The number of aliphatic hydroxyl groups excluding tert-OH is 1. The number of methoxy groups -OCH3 is 1. The molecule has 0 unspecified atom stereocenters. The van der Waals surface area contributed by atoms with Crippen molar-refractivity contribution in [2.45, 2.75) is 31.3 Å². The van der Waals surface area contributed by atoms with Crippen LogP contribution in [0.15, 0.2) is 33.9 Å². The zero-order valence-corrected chi connectivity index (χ0v) is 15.0. The van der Waals surface area contributed by atoms with Crippen LogP contribution in [-0.4, -0.2) is 27.2 Å². The van der Waals surface area contributed by atoms with Crippen LogP contribution in [0.1, 0.15) is 29.2 Å². The molecule has 0 fully saturated rings. The quantitative estimate of drug-likeness (QED) is 0.801. The minimum Gasteiger partial charge on any atom is -0.495 e. The van der Waals surface area contributed by atoms with Gasteiger partial charge in [-0.05, 0) is 65.9 Å². The van der Waals surface area contributed by atoms with Crippen molar-refractivity contribution in [3.8, 4) is 5.75 Å². The van der Waals surface area contributed by atoms with Crippen molar-refractivity contribution in [2.24, 2.45) is 0 Å². The number of benzene rings is 1. The van der Waals surface area contributed by atoms with Gasteiger partial charge < -0.3 is 9.84 Å². The first-order chi connectivity index (χ1) is 10.8. The Bertz CT molecular complexity index is 755. The van der Waals surface area contributed by atoms with E-state index in [0.717, 1.165) is 16.7 Å². The minimum absolute atomic E-state index is 0.119. The van der Waals surface area contributed by atoms with E-state index in [2.05, 4.69) is 4.72 Å². The lowest BCUT2D eigenvalue weighted by Gasteiger charge is -2.14. The molecule has 0 bridgehead atoms. The van der Waals surface area contributed by atoms with E-state index in [0.29, 0.717) is 12.2 Å². The summed E-state index contributed by atoms with van der Waals surface area (Å²) in [5.41, 5.74) is 2.65. The third-order valence-corrected chi connectivity index (χ3v) is 5.89. The molecule has 2 N–H and O–H groups in total. The Hall–Kier alpha value is -1.41. The van der Waals surface area contributed by atoms with Crippen molar-refractivity contribution in [3.05, 3.63) is 45.6 Å². The normalized spacial score (nSPS) is 13.0. The van der Waals surface area contributed by atoms with Crippen molar-refractivity contribution in [1.29, 1.82) is 0 Å². The van der Waals surface area contributed by atoms with Gasteiger partial charge >= 0.3 is 0 Å². The summed E-state index contributed by atoms with van der Waals surface area (Å²) in [4.78, 5) is 0.119. The number of aryl methyl sites for hydroxylation is 2. The average Bonchev–Trinajstić information content (AvgIpc) is 3.03. The highest BCUT2D eigenvalue weighted by atomic mass is 32.2. The zero-order chi connectivity index (χ0) is 17.0. The first kappa shape index (κ1) is 17.9. The van der Waals surface area contributed by atoms with Crippen molar-refractivity contribution in [1.82, 2.24) is 4.72 Å². The van der Waals surface area contributed by atoms with E-state index in [9.17, 15) is 13.5 Å². The molecule has 0 spiro atoms. The highest BCUT2D eigenvalue weighted by molar-refractivity contribution is 7.89. The molecular formula is C16H21NO4S2. The molecule has 2 rings (SSSR count). The minimum atomic E-state index is -3.69. The predicted molar refractivity (Wildman–Crippen MR) is 91.6 cm³/mol. The molecule has 23 heavy (non-hydrogen) atoms. The number of rotatable bonds is 7. The third-order valence-electron chi connectivity index (χ3n) is 3.71. The van der Waals surface area contributed by atoms with Gasteiger partial charge in [-0.15, -0.1) is 0 Å². The van der Waals surface area contributed by atoms with Crippen molar-refractivity contribution in [2.75, 3.05) is 13.7 Å². The maximum absolute atomic E-state index is 12.5. The summed E-state index contributed by atoms with van der Waals surface area (Å²) in [5.74, 6) is 0.319. The smallest absolute Gasteiger partial charge is 0.244 e. The van der Waals surface area contributed by atoms with Crippen LogP contribution in [0, 0.1) is 13.8 Å². The van der Waals surface area contributed by atoms with Gasteiger partial charge in [-0.1, -0.05) is 0 Å². The Morgan fingerprint density at radius 1 is 1.30 bits per heavy atom. The predicted octanol–water partition coefficient (Wildman–Crippen LogP) is 2.78. The summed E-state index contributed by atoms with van der Waals surface area (Å²) < 4.78 is 32.7. The summed E-state index contributed by atoms with van der Waals surface area (Å²) in [6.45, 7) is 3.91. The number of ether oxygens (including phenoxy) is 1. The van der Waals surface area contributed by atoms with Crippen LogP contribution >= 0.6 is 11.3 Å². The summed E-state index contributed by atoms with van der Waals surface area (Å²) in [6.07, 6.45) is -0.367. The van der Waals surface area contributed by atoms with Crippen molar-refractivity contribution >= 4 is 21.4 Å². The second-order valence-corrected chi connectivity index (χ2v) is 7.86. The fourth-order valence-corrected chi connectivity index (χ4v) is 4.16. The molecule has 0 radical (unpaired) electrons. The van der Waals surface area contributed by atoms with E-state index in [1.165, 1.54) is 18.4 Å². The first-order valence-corrected chi connectivity index (χ1v) is 9.63. The molecule has 0 aliphatic rings. The molecule has 1 aromatic heterocycles. The van der Waals surface area contributed by atoms with E-state index in [1.54, 1.807) is 12.1 Å². The molecule has 7 heteroatoms. The van der Waals surface area contributed by atoms with Gasteiger partial charge in [-0.3, -0.25) is 0 Å². The Kier molecular flexibility index (Phi) is 5.80. The molecule has 0 saturated heterocycles. The van der Waals surface area contributed by atoms with Crippen LogP contribution in [0.5, 0.6) is 5.75 Å². The van der Waals surface area contributed by atoms with Gasteiger partial charge in [0.25, 0.3) is 0 Å². The van der Waals surface area contributed by atoms with Gasteiger partial charge in [0, 0.05) is 6.54 Å². The molecule has 1 atom stereocenters. The van der Waals surface area contributed by atoms with E-state index in [-0.39, 0.29) is 11.4 Å². The molecule has 1 heterocycles. The topological polar surface area (TPSA) is 75.6 Å². The van der Waals surface area contributed by atoms with Crippen LogP contribution in [0.25, 0.3) is 0 Å². The molecule has 0 aliphatic heterocycles. The fourth-order valence-electron chi connectivity index (χ4n) is 2.17. The number of thiophene rings is 1. The van der Waals surface area contributed by atoms with E-state index < -0.39 is 16.1 Å². The highest BCUT2D eigenvalue weighted by Gasteiger charge is 2.21. The van der Waals surface area contributed by atoms with Crippen LogP contribution in [-0.2, 0) is 10.0 Å². The number of hydrogen-bond acceptors (Lipinski definition) is 5. The lowest BCUT2D eigenvalue weighted by atomic mass is 10.1. The molecule has 0 aliphatic carbocycles. The van der Waals surface area contributed by atoms with Crippen LogP contribution in [0.3, 0.4) is 0 Å². The zero-order valence-electron chi connectivity index (χ0n) is 13.4. The Morgan fingerprint density at radius 2 is 2.00 bits per heavy atom. The molecular weight excluding hydrogens is 334 g/mol. The second kappa shape index (κ2) is 7.44. The summed E-state index contributed by atoms with van der Waals surface area (Å²) >= 11 is 1.50. The van der Waals surface area contributed by atoms with Gasteiger partial charge in [-0.25, -0.2) is 13.1 Å².